The molecule has 0 bridgehead atoms. The van der Waals surface area contributed by atoms with E-state index in [9.17, 15) is 14.0 Å². The Morgan fingerprint density at radius 1 is 1.20 bits per heavy atom. The van der Waals surface area contributed by atoms with Crippen molar-refractivity contribution >= 4 is 11.7 Å². The Bertz CT molecular complexity index is 898. The number of furan rings is 1. The van der Waals surface area contributed by atoms with Crippen LogP contribution in [0.15, 0.2) is 34.9 Å². The maximum atomic E-state index is 13.0. The number of carbonyl (C=O) groups is 2. The first kappa shape index (κ1) is 20.8. The van der Waals surface area contributed by atoms with Gasteiger partial charge in [0.2, 0.25) is 0 Å². The lowest BCUT2D eigenvalue weighted by molar-refractivity contribution is 0.0735. The summed E-state index contributed by atoms with van der Waals surface area (Å²) in [5, 5.41) is 0. The second kappa shape index (κ2) is 9.13. The molecule has 1 aromatic carbocycles. The first-order valence-electron chi connectivity index (χ1n) is 10.9. The number of hydrogen-bond donors (Lipinski definition) is 0. The molecule has 0 spiro atoms. The molecule has 160 valence electrons. The summed E-state index contributed by atoms with van der Waals surface area (Å²) in [5.74, 6) is 0.834. The Kier molecular flexibility index (Phi) is 6.32. The van der Waals surface area contributed by atoms with Crippen LogP contribution in [0.2, 0.25) is 0 Å². The molecule has 1 fully saturated rings. The van der Waals surface area contributed by atoms with E-state index in [1.165, 1.54) is 18.4 Å². The number of fused-ring (bicyclic) bond motifs is 1. The van der Waals surface area contributed by atoms with Gasteiger partial charge in [0.1, 0.15) is 17.8 Å². The van der Waals surface area contributed by atoms with E-state index in [2.05, 4.69) is 4.90 Å². The molecule has 0 atom stereocenters. The smallest absolute Gasteiger partial charge is 0.257 e. The Morgan fingerprint density at radius 2 is 1.93 bits per heavy atom. The number of rotatable bonds is 6. The molecule has 2 heterocycles. The topological polar surface area (TPSA) is 53.8 Å². The maximum Gasteiger partial charge on any atom is 0.257 e. The fourth-order valence-electron chi connectivity index (χ4n) is 4.59. The molecule has 0 saturated carbocycles. The van der Waals surface area contributed by atoms with Gasteiger partial charge < -0.3 is 14.2 Å². The average Bonchev–Trinajstić information content (AvgIpc) is 3.19. The molecule has 1 aliphatic carbocycles. The summed E-state index contributed by atoms with van der Waals surface area (Å²) in [6.45, 7) is 3.68. The monoisotopic (exact) mass is 412 g/mol. The van der Waals surface area contributed by atoms with Crippen LogP contribution in [0.3, 0.4) is 0 Å². The highest BCUT2D eigenvalue weighted by Crippen LogP contribution is 2.28. The largest absolute Gasteiger partial charge is 0.468 e. The minimum Gasteiger partial charge on any atom is -0.468 e. The van der Waals surface area contributed by atoms with E-state index in [4.69, 9.17) is 4.42 Å². The molecule has 0 N–H and O–H groups in total. The van der Waals surface area contributed by atoms with Crippen molar-refractivity contribution in [1.82, 2.24) is 9.80 Å². The number of aryl methyl sites for hydroxylation is 1. The van der Waals surface area contributed by atoms with Gasteiger partial charge in [0.15, 0.2) is 5.78 Å². The van der Waals surface area contributed by atoms with Gasteiger partial charge in [-0.1, -0.05) is 12.1 Å². The van der Waals surface area contributed by atoms with Crippen molar-refractivity contribution in [3.8, 4) is 0 Å². The number of benzene rings is 1. The fourth-order valence-corrected chi connectivity index (χ4v) is 4.59. The number of hydrogen-bond acceptors (Lipinski definition) is 4. The van der Waals surface area contributed by atoms with Crippen LogP contribution in [0, 0.1) is 11.7 Å². The van der Waals surface area contributed by atoms with Crippen molar-refractivity contribution < 1.29 is 18.4 Å². The fraction of sp³-hybridized carbons (Fsp3) is 0.500. The summed E-state index contributed by atoms with van der Waals surface area (Å²) in [6.07, 6.45) is 6.49. The lowest BCUT2D eigenvalue weighted by atomic mass is 9.93. The van der Waals surface area contributed by atoms with Crippen LogP contribution in [-0.2, 0) is 12.8 Å². The number of amides is 1. The molecule has 2 aromatic rings. The summed E-state index contributed by atoms with van der Waals surface area (Å²) in [4.78, 5) is 29.3. The first-order chi connectivity index (χ1) is 14.5. The zero-order valence-electron chi connectivity index (χ0n) is 17.5. The molecule has 5 nitrogen and oxygen atoms in total. The van der Waals surface area contributed by atoms with E-state index in [1.54, 1.807) is 4.90 Å². The van der Waals surface area contributed by atoms with Gasteiger partial charge in [-0.3, -0.25) is 9.59 Å². The van der Waals surface area contributed by atoms with Crippen molar-refractivity contribution in [3.63, 3.8) is 0 Å². The first-order valence-corrected chi connectivity index (χ1v) is 10.9. The van der Waals surface area contributed by atoms with Crippen LogP contribution in [0.4, 0.5) is 4.39 Å². The van der Waals surface area contributed by atoms with E-state index >= 15 is 0 Å². The second-order valence-electron chi connectivity index (χ2n) is 8.57. The van der Waals surface area contributed by atoms with Crippen molar-refractivity contribution in [2.75, 3.05) is 33.2 Å². The molecule has 0 radical (unpaired) electrons. The third kappa shape index (κ3) is 4.64. The van der Waals surface area contributed by atoms with Crippen LogP contribution in [0.5, 0.6) is 0 Å². The third-order valence-electron chi connectivity index (χ3n) is 6.40. The Labute approximate surface area is 176 Å². The number of nitrogens with zero attached hydrogens (tertiary/aromatic N) is 2. The standard InChI is InChI=1S/C24H29FN2O3/c1-26(24(29)20-16-30-22-4-2-3-21(28)23(20)22)15-18-10-13-27(14-11-18)12-9-17-5-7-19(25)8-6-17/h5-8,16,18H,2-4,9-15H2,1H3. The van der Waals surface area contributed by atoms with E-state index in [-0.39, 0.29) is 17.5 Å². The van der Waals surface area contributed by atoms with Crippen molar-refractivity contribution in [2.45, 2.75) is 38.5 Å². The Balaban J connectivity index is 1.26. The van der Waals surface area contributed by atoms with Gasteiger partial charge in [0, 0.05) is 33.0 Å². The zero-order valence-corrected chi connectivity index (χ0v) is 17.5. The van der Waals surface area contributed by atoms with Crippen molar-refractivity contribution in [2.24, 2.45) is 5.92 Å². The predicted molar refractivity (Wildman–Crippen MR) is 112 cm³/mol. The molecule has 30 heavy (non-hydrogen) atoms. The lowest BCUT2D eigenvalue weighted by Gasteiger charge is -2.34. The summed E-state index contributed by atoms with van der Waals surface area (Å²) >= 11 is 0. The predicted octanol–water partition coefficient (Wildman–Crippen LogP) is 3.96. The molecule has 1 saturated heterocycles. The summed E-state index contributed by atoms with van der Waals surface area (Å²) in [7, 11) is 1.82. The average molecular weight is 413 g/mol. The van der Waals surface area contributed by atoms with E-state index < -0.39 is 0 Å². The van der Waals surface area contributed by atoms with Gasteiger partial charge >= 0.3 is 0 Å². The van der Waals surface area contributed by atoms with E-state index in [0.717, 1.165) is 57.3 Å². The van der Waals surface area contributed by atoms with Crippen LogP contribution >= 0.6 is 0 Å². The van der Waals surface area contributed by atoms with Crippen LogP contribution in [-0.4, -0.2) is 54.7 Å². The Morgan fingerprint density at radius 3 is 2.67 bits per heavy atom. The van der Waals surface area contributed by atoms with Gasteiger partial charge in [0.05, 0.1) is 11.1 Å². The number of carbonyl (C=O) groups excluding carboxylic acids is 2. The molecule has 0 unspecified atom stereocenters. The van der Waals surface area contributed by atoms with Crippen molar-refractivity contribution in [1.29, 1.82) is 0 Å². The molecule has 1 aliphatic heterocycles. The minimum absolute atomic E-state index is 0.0243. The minimum atomic E-state index is -0.196. The maximum absolute atomic E-state index is 13.0. The van der Waals surface area contributed by atoms with Gasteiger partial charge in [-0.05, 0) is 62.4 Å². The highest BCUT2D eigenvalue weighted by atomic mass is 19.1. The molecule has 1 aromatic heterocycles. The summed E-state index contributed by atoms with van der Waals surface area (Å²) in [5.41, 5.74) is 2.09. The molecule has 1 amide bonds. The summed E-state index contributed by atoms with van der Waals surface area (Å²) < 4.78 is 18.5. The highest BCUT2D eigenvalue weighted by Gasteiger charge is 2.30. The molecule has 6 heteroatoms. The summed E-state index contributed by atoms with van der Waals surface area (Å²) in [6, 6.07) is 6.72. The molecular weight excluding hydrogens is 383 g/mol. The highest BCUT2D eigenvalue weighted by molar-refractivity contribution is 6.09. The normalized spacial score (nSPS) is 17.7. The van der Waals surface area contributed by atoms with Crippen LogP contribution in [0.25, 0.3) is 0 Å². The van der Waals surface area contributed by atoms with E-state index in [0.29, 0.717) is 35.8 Å². The van der Waals surface area contributed by atoms with E-state index in [1.807, 2.05) is 19.2 Å². The number of piperidine rings is 1. The number of likely N-dealkylation sites (tertiary alicyclic amines) is 1. The van der Waals surface area contributed by atoms with Gasteiger partial charge in [0.25, 0.3) is 5.91 Å². The quantitative estimate of drug-likeness (QED) is 0.721. The molecule has 2 aliphatic rings. The number of ketones is 1. The van der Waals surface area contributed by atoms with Crippen LogP contribution < -0.4 is 0 Å². The third-order valence-corrected chi connectivity index (χ3v) is 6.40. The molecular formula is C24H29FN2O3. The molecule has 4 rings (SSSR count). The second-order valence-corrected chi connectivity index (χ2v) is 8.57. The SMILES string of the molecule is CN(CC1CCN(CCc2ccc(F)cc2)CC1)C(=O)c1coc2c1C(=O)CCC2. The van der Waals surface area contributed by atoms with Gasteiger partial charge in [-0.15, -0.1) is 0 Å². The number of halogens is 1. The van der Waals surface area contributed by atoms with Gasteiger partial charge in [-0.25, -0.2) is 4.39 Å². The Hall–Kier alpha value is -2.47. The number of Topliss-reactive ketones (excluding diaryl/α,β-unsaturated/α-hetero) is 1. The lowest BCUT2D eigenvalue weighted by Crippen LogP contribution is -2.40. The van der Waals surface area contributed by atoms with Crippen molar-refractivity contribution in [3.05, 3.63) is 58.8 Å². The van der Waals surface area contributed by atoms with Gasteiger partial charge in [-0.2, -0.15) is 0 Å². The zero-order chi connectivity index (χ0) is 21.1. The van der Waals surface area contributed by atoms with Crippen LogP contribution in [0.1, 0.15) is 57.7 Å².